The summed E-state index contributed by atoms with van der Waals surface area (Å²) >= 11 is 0. The van der Waals surface area contributed by atoms with Crippen molar-refractivity contribution in [3.63, 3.8) is 0 Å². The number of aryl methyl sites for hydroxylation is 1. The summed E-state index contributed by atoms with van der Waals surface area (Å²) in [4.78, 5) is 0. The lowest BCUT2D eigenvalue weighted by molar-refractivity contribution is 0.602. The Hall–Kier alpha value is -0.850. The standard InChI is InChI=1S/C10H12F/c1-2-3-6-9-7-4-5-8-10(9)11/h4-5,8H,2-3,6H2,1H3. The third-order valence-electron chi connectivity index (χ3n) is 1.66. The molecule has 0 N–H and O–H groups in total. The zero-order valence-corrected chi connectivity index (χ0v) is 6.73. The first-order valence-corrected chi connectivity index (χ1v) is 3.99. The van der Waals surface area contributed by atoms with E-state index in [9.17, 15) is 4.39 Å². The molecule has 0 atom stereocenters. The molecule has 0 spiro atoms. The number of rotatable bonds is 3. The van der Waals surface area contributed by atoms with Crippen molar-refractivity contribution < 1.29 is 4.39 Å². The van der Waals surface area contributed by atoms with Crippen LogP contribution in [0.15, 0.2) is 18.2 Å². The molecule has 1 radical (unpaired) electrons. The highest BCUT2D eigenvalue weighted by molar-refractivity contribution is 5.15. The summed E-state index contributed by atoms with van der Waals surface area (Å²) in [7, 11) is 0. The molecule has 59 valence electrons. The molecule has 0 heterocycles. The Morgan fingerprint density at radius 1 is 1.55 bits per heavy atom. The van der Waals surface area contributed by atoms with Crippen LogP contribution in [0.3, 0.4) is 0 Å². The fourth-order valence-corrected chi connectivity index (χ4v) is 0.996. The summed E-state index contributed by atoms with van der Waals surface area (Å²) in [5.74, 6) is -0.124. The fraction of sp³-hybridized carbons (Fsp3) is 0.400. The lowest BCUT2D eigenvalue weighted by Crippen LogP contribution is -1.89. The summed E-state index contributed by atoms with van der Waals surface area (Å²) in [6.45, 7) is 2.10. The average molecular weight is 151 g/mol. The quantitative estimate of drug-likeness (QED) is 0.623. The highest BCUT2D eigenvalue weighted by Crippen LogP contribution is 2.08. The Morgan fingerprint density at radius 3 is 3.00 bits per heavy atom. The van der Waals surface area contributed by atoms with Gasteiger partial charge in [0.15, 0.2) is 0 Å². The molecule has 0 bridgehead atoms. The molecule has 0 aliphatic carbocycles. The van der Waals surface area contributed by atoms with E-state index in [1.54, 1.807) is 12.1 Å². The van der Waals surface area contributed by atoms with Crippen molar-refractivity contribution >= 4 is 0 Å². The van der Waals surface area contributed by atoms with E-state index in [0.29, 0.717) is 5.56 Å². The van der Waals surface area contributed by atoms with Gasteiger partial charge in [0.25, 0.3) is 0 Å². The highest BCUT2D eigenvalue weighted by atomic mass is 19.1. The Bertz CT molecular complexity index is 218. The van der Waals surface area contributed by atoms with Crippen LogP contribution < -0.4 is 0 Å². The van der Waals surface area contributed by atoms with Gasteiger partial charge in [-0.15, -0.1) is 0 Å². The van der Waals surface area contributed by atoms with Gasteiger partial charge in [0, 0.05) is 0 Å². The van der Waals surface area contributed by atoms with E-state index in [0.717, 1.165) is 19.3 Å². The first-order valence-electron chi connectivity index (χ1n) is 3.99. The molecule has 0 nitrogen and oxygen atoms in total. The summed E-state index contributed by atoms with van der Waals surface area (Å²) in [6.07, 6.45) is 2.95. The van der Waals surface area contributed by atoms with Gasteiger partial charge in [0.1, 0.15) is 5.82 Å². The maximum atomic E-state index is 12.9. The molecule has 1 heteroatoms. The molecular formula is C10H12F. The van der Waals surface area contributed by atoms with Gasteiger partial charge in [0.05, 0.1) is 0 Å². The molecule has 0 amide bonds. The van der Waals surface area contributed by atoms with Crippen LogP contribution in [0.1, 0.15) is 25.3 Å². The molecule has 0 unspecified atom stereocenters. The van der Waals surface area contributed by atoms with E-state index in [1.807, 2.05) is 0 Å². The van der Waals surface area contributed by atoms with Crippen molar-refractivity contribution in [3.05, 3.63) is 35.6 Å². The highest BCUT2D eigenvalue weighted by Gasteiger charge is 1.98. The van der Waals surface area contributed by atoms with Crippen LogP contribution in [0.4, 0.5) is 4.39 Å². The minimum atomic E-state index is -0.124. The van der Waals surface area contributed by atoms with Gasteiger partial charge in [-0.3, -0.25) is 0 Å². The van der Waals surface area contributed by atoms with E-state index in [1.165, 1.54) is 6.07 Å². The molecule has 11 heavy (non-hydrogen) atoms. The minimum absolute atomic E-state index is 0.124. The van der Waals surface area contributed by atoms with Crippen LogP contribution in [0.2, 0.25) is 0 Å². The molecule has 1 aromatic rings. The number of halogens is 1. The Labute approximate surface area is 67.1 Å². The molecule has 0 aromatic heterocycles. The van der Waals surface area contributed by atoms with Gasteiger partial charge < -0.3 is 0 Å². The Morgan fingerprint density at radius 2 is 2.36 bits per heavy atom. The van der Waals surface area contributed by atoms with Crippen LogP contribution >= 0.6 is 0 Å². The second kappa shape index (κ2) is 4.12. The lowest BCUT2D eigenvalue weighted by atomic mass is 10.1. The van der Waals surface area contributed by atoms with Crippen LogP contribution in [0.25, 0.3) is 0 Å². The second-order valence-corrected chi connectivity index (χ2v) is 2.60. The maximum absolute atomic E-state index is 12.9. The fourth-order valence-electron chi connectivity index (χ4n) is 0.996. The molecule has 0 aliphatic rings. The lowest BCUT2D eigenvalue weighted by Gasteiger charge is -1.99. The first kappa shape index (κ1) is 8.25. The number of unbranched alkanes of at least 4 members (excludes halogenated alkanes) is 1. The van der Waals surface area contributed by atoms with E-state index in [-0.39, 0.29) is 5.82 Å². The summed E-state index contributed by atoms with van der Waals surface area (Å²) in [5, 5.41) is 0. The average Bonchev–Trinajstić information content (AvgIpc) is 2.03. The molecule has 0 saturated carbocycles. The molecule has 0 aliphatic heterocycles. The van der Waals surface area contributed by atoms with Crippen LogP contribution in [0, 0.1) is 11.9 Å². The molecule has 1 aromatic carbocycles. The summed E-state index contributed by atoms with van der Waals surface area (Å²) in [6, 6.07) is 7.81. The van der Waals surface area contributed by atoms with Crippen molar-refractivity contribution in [2.24, 2.45) is 0 Å². The van der Waals surface area contributed by atoms with Crippen molar-refractivity contribution in [1.29, 1.82) is 0 Å². The number of hydrogen-bond acceptors (Lipinski definition) is 0. The molecule has 1 rings (SSSR count). The molecular weight excluding hydrogens is 139 g/mol. The smallest absolute Gasteiger partial charge is 0.127 e. The Kier molecular flexibility index (Phi) is 3.09. The predicted octanol–water partition coefficient (Wildman–Crippen LogP) is 2.97. The normalized spacial score (nSPS) is 10.0. The predicted molar refractivity (Wildman–Crippen MR) is 43.8 cm³/mol. The van der Waals surface area contributed by atoms with Gasteiger partial charge in [0.2, 0.25) is 0 Å². The van der Waals surface area contributed by atoms with Crippen LogP contribution in [-0.2, 0) is 6.42 Å². The van der Waals surface area contributed by atoms with E-state index < -0.39 is 0 Å². The number of benzene rings is 1. The van der Waals surface area contributed by atoms with Crippen molar-refractivity contribution in [2.75, 3.05) is 0 Å². The second-order valence-electron chi connectivity index (χ2n) is 2.60. The van der Waals surface area contributed by atoms with Gasteiger partial charge in [-0.05, 0) is 30.5 Å². The van der Waals surface area contributed by atoms with E-state index in [4.69, 9.17) is 0 Å². The third-order valence-corrected chi connectivity index (χ3v) is 1.66. The van der Waals surface area contributed by atoms with E-state index >= 15 is 0 Å². The largest absolute Gasteiger partial charge is 0.207 e. The zero-order valence-electron chi connectivity index (χ0n) is 6.73. The maximum Gasteiger partial charge on any atom is 0.127 e. The van der Waals surface area contributed by atoms with Crippen LogP contribution in [-0.4, -0.2) is 0 Å². The van der Waals surface area contributed by atoms with Gasteiger partial charge in [-0.1, -0.05) is 25.5 Å². The third kappa shape index (κ3) is 2.34. The Balaban J connectivity index is 2.62. The number of hydrogen-bond donors (Lipinski definition) is 0. The summed E-state index contributed by atoms with van der Waals surface area (Å²) in [5.41, 5.74) is 0.717. The topological polar surface area (TPSA) is 0 Å². The summed E-state index contributed by atoms with van der Waals surface area (Å²) < 4.78 is 12.9. The van der Waals surface area contributed by atoms with Crippen molar-refractivity contribution in [1.82, 2.24) is 0 Å². The van der Waals surface area contributed by atoms with Crippen LogP contribution in [0.5, 0.6) is 0 Å². The minimum Gasteiger partial charge on any atom is -0.207 e. The van der Waals surface area contributed by atoms with Gasteiger partial charge >= 0.3 is 0 Å². The molecule has 0 fully saturated rings. The van der Waals surface area contributed by atoms with E-state index in [2.05, 4.69) is 13.0 Å². The zero-order chi connectivity index (χ0) is 8.10. The monoisotopic (exact) mass is 151 g/mol. The van der Waals surface area contributed by atoms with Crippen molar-refractivity contribution in [2.45, 2.75) is 26.2 Å². The van der Waals surface area contributed by atoms with Crippen molar-refractivity contribution in [3.8, 4) is 0 Å². The van der Waals surface area contributed by atoms with Gasteiger partial charge in [-0.2, -0.15) is 0 Å². The first-order chi connectivity index (χ1) is 5.34. The molecule has 0 saturated heterocycles. The SMILES string of the molecule is CCCCc1[c]cccc1F. The van der Waals surface area contributed by atoms with Gasteiger partial charge in [-0.25, -0.2) is 4.39 Å².